The third-order valence-electron chi connectivity index (χ3n) is 4.13. The van der Waals surface area contributed by atoms with Crippen LogP contribution in [-0.4, -0.2) is 62.2 Å². The molecule has 1 unspecified atom stereocenters. The van der Waals surface area contributed by atoms with E-state index in [0.29, 0.717) is 19.7 Å². The Morgan fingerprint density at radius 1 is 1.46 bits per heavy atom. The highest BCUT2D eigenvalue weighted by Gasteiger charge is 2.20. The molecule has 2 aliphatic rings. The maximum atomic E-state index is 12.1. The van der Waals surface area contributed by atoms with Gasteiger partial charge in [-0.25, -0.2) is 0 Å². The lowest BCUT2D eigenvalue weighted by Crippen LogP contribution is -2.51. The van der Waals surface area contributed by atoms with E-state index in [4.69, 9.17) is 9.47 Å². The normalized spacial score (nSPS) is 20.6. The fourth-order valence-electron chi connectivity index (χ4n) is 2.80. The third-order valence-corrected chi connectivity index (χ3v) is 4.13. The van der Waals surface area contributed by atoms with Gasteiger partial charge in [-0.3, -0.25) is 9.59 Å². The standard InChI is InChI=1S/C17H23N3O4/c21-16-11-20(7-6-18-16)17(22)10-19-13-3-1-4-14(9-13)24-12-15-5-2-8-23-15/h1,3-4,9,15,19H,2,5-8,10-12H2,(H,18,21). The van der Waals surface area contributed by atoms with Crippen LogP contribution in [-0.2, 0) is 14.3 Å². The number of amides is 2. The van der Waals surface area contributed by atoms with Gasteiger partial charge >= 0.3 is 0 Å². The molecule has 2 fully saturated rings. The third kappa shape index (κ3) is 4.61. The van der Waals surface area contributed by atoms with Gasteiger partial charge in [-0.05, 0) is 25.0 Å². The Kier molecular flexibility index (Phi) is 5.53. The molecular weight excluding hydrogens is 310 g/mol. The Hall–Kier alpha value is -2.28. The van der Waals surface area contributed by atoms with Gasteiger partial charge in [-0.1, -0.05) is 6.07 Å². The molecule has 0 aromatic heterocycles. The van der Waals surface area contributed by atoms with E-state index in [1.165, 1.54) is 0 Å². The molecule has 0 bridgehead atoms. The van der Waals surface area contributed by atoms with Gasteiger partial charge in [0.25, 0.3) is 0 Å². The summed E-state index contributed by atoms with van der Waals surface area (Å²) in [5.74, 6) is 0.551. The van der Waals surface area contributed by atoms with Crippen molar-refractivity contribution in [2.24, 2.45) is 0 Å². The summed E-state index contributed by atoms with van der Waals surface area (Å²) in [6.45, 7) is 2.71. The zero-order valence-electron chi connectivity index (χ0n) is 13.6. The van der Waals surface area contributed by atoms with Crippen LogP contribution in [0.5, 0.6) is 5.75 Å². The summed E-state index contributed by atoms with van der Waals surface area (Å²) in [6.07, 6.45) is 2.30. The number of hydrogen-bond acceptors (Lipinski definition) is 5. The van der Waals surface area contributed by atoms with Gasteiger partial charge in [0.15, 0.2) is 0 Å². The molecular formula is C17H23N3O4. The Balaban J connectivity index is 1.47. The number of piperazine rings is 1. The fraction of sp³-hybridized carbons (Fsp3) is 0.529. The van der Waals surface area contributed by atoms with Gasteiger partial charge < -0.3 is 25.0 Å². The van der Waals surface area contributed by atoms with Crippen LogP contribution >= 0.6 is 0 Å². The smallest absolute Gasteiger partial charge is 0.242 e. The lowest BCUT2D eigenvalue weighted by atomic mass is 10.2. The van der Waals surface area contributed by atoms with Crippen molar-refractivity contribution in [2.75, 3.05) is 44.7 Å². The van der Waals surface area contributed by atoms with E-state index in [0.717, 1.165) is 30.9 Å². The minimum atomic E-state index is -0.112. The predicted molar refractivity (Wildman–Crippen MR) is 89.0 cm³/mol. The van der Waals surface area contributed by atoms with E-state index in [1.54, 1.807) is 4.90 Å². The van der Waals surface area contributed by atoms with E-state index in [2.05, 4.69) is 10.6 Å². The number of hydrogen-bond donors (Lipinski definition) is 2. The molecule has 7 heteroatoms. The number of carbonyl (C=O) groups excluding carboxylic acids is 2. The van der Waals surface area contributed by atoms with Crippen molar-refractivity contribution >= 4 is 17.5 Å². The molecule has 3 rings (SSSR count). The Bertz CT molecular complexity index is 587. The second-order valence-electron chi connectivity index (χ2n) is 5.99. The number of rotatable bonds is 6. The minimum absolute atomic E-state index is 0.0875. The molecule has 2 saturated heterocycles. The van der Waals surface area contributed by atoms with Crippen molar-refractivity contribution in [2.45, 2.75) is 18.9 Å². The van der Waals surface area contributed by atoms with Crippen LogP contribution in [0.2, 0.25) is 0 Å². The Morgan fingerprint density at radius 3 is 3.17 bits per heavy atom. The Labute approximate surface area is 141 Å². The highest BCUT2D eigenvalue weighted by molar-refractivity contribution is 5.87. The highest BCUT2D eigenvalue weighted by atomic mass is 16.5. The number of nitrogens with zero attached hydrogens (tertiary/aromatic N) is 1. The van der Waals surface area contributed by atoms with Crippen LogP contribution in [0.15, 0.2) is 24.3 Å². The van der Waals surface area contributed by atoms with E-state index in [9.17, 15) is 9.59 Å². The maximum absolute atomic E-state index is 12.1. The van der Waals surface area contributed by atoms with Crippen molar-refractivity contribution in [3.8, 4) is 5.75 Å². The largest absolute Gasteiger partial charge is 0.491 e. The molecule has 2 amide bonds. The van der Waals surface area contributed by atoms with Crippen LogP contribution in [0.4, 0.5) is 5.69 Å². The summed E-state index contributed by atoms with van der Waals surface area (Å²) < 4.78 is 11.3. The van der Waals surface area contributed by atoms with E-state index >= 15 is 0 Å². The predicted octanol–water partition coefficient (Wildman–Crippen LogP) is 0.615. The van der Waals surface area contributed by atoms with Gasteiger partial charge in [0, 0.05) is 31.5 Å². The lowest BCUT2D eigenvalue weighted by Gasteiger charge is -2.26. The first-order valence-corrected chi connectivity index (χ1v) is 8.33. The zero-order chi connectivity index (χ0) is 16.8. The quantitative estimate of drug-likeness (QED) is 0.798. The Morgan fingerprint density at radius 2 is 2.38 bits per heavy atom. The van der Waals surface area contributed by atoms with Crippen LogP contribution in [0, 0.1) is 0 Å². The van der Waals surface area contributed by atoms with Crippen molar-refractivity contribution < 1.29 is 19.1 Å². The first-order chi connectivity index (χ1) is 11.7. The van der Waals surface area contributed by atoms with Crippen LogP contribution in [0.3, 0.4) is 0 Å². The summed E-state index contributed by atoms with van der Waals surface area (Å²) in [5.41, 5.74) is 0.814. The minimum Gasteiger partial charge on any atom is -0.491 e. The van der Waals surface area contributed by atoms with Crippen molar-refractivity contribution in [3.05, 3.63) is 24.3 Å². The SMILES string of the molecule is O=C1CN(C(=O)CNc2cccc(OCC3CCCO3)c2)CCN1. The summed E-state index contributed by atoms with van der Waals surface area (Å²) in [6, 6.07) is 7.52. The molecule has 0 radical (unpaired) electrons. The lowest BCUT2D eigenvalue weighted by molar-refractivity contribution is -0.136. The molecule has 0 spiro atoms. The van der Waals surface area contributed by atoms with Crippen molar-refractivity contribution in [3.63, 3.8) is 0 Å². The molecule has 130 valence electrons. The number of carbonyl (C=O) groups is 2. The van der Waals surface area contributed by atoms with E-state index in [-0.39, 0.29) is 31.0 Å². The molecule has 2 aliphatic heterocycles. The summed E-state index contributed by atoms with van der Waals surface area (Å²) >= 11 is 0. The zero-order valence-corrected chi connectivity index (χ0v) is 13.6. The van der Waals surface area contributed by atoms with Crippen LogP contribution in [0.25, 0.3) is 0 Å². The average molecular weight is 333 g/mol. The monoisotopic (exact) mass is 333 g/mol. The molecule has 2 N–H and O–H groups in total. The average Bonchev–Trinajstić information content (AvgIpc) is 3.12. The first kappa shape index (κ1) is 16.6. The summed E-state index contributed by atoms with van der Waals surface area (Å²) in [4.78, 5) is 25.0. The van der Waals surface area contributed by atoms with Crippen LogP contribution < -0.4 is 15.4 Å². The van der Waals surface area contributed by atoms with Gasteiger partial charge in [0.1, 0.15) is 12.4 Å². The molecule has 1 aromatic carbocycles. The fourth-order valence-corrected chi connectivity index (χ4v) is 2.80. The number of ether oxygens (including phenoxy) is 2. The van der Waals surface area contributed by atoms with Gasteiger partial charge in [0.05, 0.1) is 19.2 Å². The van der Waals surface area contributed by atoms with E-state index in [1.807, 2.05) is 24.3 Å². The molecule has 0 aliphatic carbocycles. The highest BCUT2D eigenvalue weighted by Crippen LogP contribution is 2.19. The first-order valence-electron chi connectivity index (χ1n) is 8.33. The summed E-state index contributed by atoms with van der Waals surface area (Å²) in [5, 5.41) is 5.80. The molecule has 1 atom stereocenters. The van der Waals surface area contributed by atoms with Gasteiger partial charge in [-0.2, -0.15) is 0 Å². The topological polar surface area (TPSA) is 79.9 Å². The number of benzene rings is 1. The van der Waals surface area contributed by atoms with Crippen molar-refractivity contribution in [1.82, 2.24) is 10.2 Å². The maximum Gasteiger partial charge on any atom is 0.242 e. The van der Waals surface area contributed by atoms with Crippen LogP contribution in [0.1, 0.15) is 12.8 Å². The molecule has 1 aromatic rings. The number of nitrogens with one attached hydrogen (secondary N) is 2. The second-order valence-corrected chi connectivity index (χ2v) is 5.99. The molecule has 7 nitrogen and oxygen atoms in total. The van der Waals surface area contributed by atoms with Crippen molar-refractivity contribution in [1.29, 1.82) is 0 Å². The molecule has 0 saturated carbocycles. The molecule has 24 heavy (non-hydrogen) atoms. The molecule has 2 heterocycles. The second kappa shape index (κ2) is 8.01. The number of anilines is 1. The van der Waals surface area contributed by atoms with Gasteiger partial charge in [-0.15, -0.1) is 0 Å². The van der Waals surface area contributed by atoms with Gasteiger partial charge in [0.2, 0.25) is 11.8 Å². The van der Waals surface area contributed by atoms with E-state index < -0.39 is 0 Å². The summed E-state index contributed by atoms with van der Waals surface area (Å²) in [7, 11) is 0.